The van der Waals surface area contributed by atoms with Crippen LogP contribution in [0.1, 0.15) is 45.4 Å². The van der Waals surface area contributed by atoms with Crippen LogP contribution in [0.15, 0.2) is 33.5 Å². The van der Waals surface area contributed by atoms with E-state index >= 15 is 0 Å². The number of nitriles is 1. The molecule has 1 aliphatic carbocycles. The van der Waals surface area contributed by atoms with Crippen molar-refractivity contribution in [3.05, 3.63) is 34.8 Å². The molecule has 0 N–H and O–H groups in total. The van der Waals surface area contributed by atoms with Gasteiger partial charge in [-0.1, -0.05) is 31.4 Å². The Morgan fingerprint density at radius 1 is 1.31 bits per heavy atom. The summed E-state index contributed by atoms with van der Waals surface area (Å²) in [7, 11) is 1.60. The van der Waals surface area contributed by atoms with Gasteiger partial charge < -0.3 is 14.1 Å². The summed E-state index contributed by atoms with van der Waals surface area (Å²) in [6.07, 6.45) is 3.02. The van der Waals surface area contributed by atoms with Crippen molar-refractivity contribution in [3.63, 3.8) is 0 Å². The summed E-state index contributed by atoms with van der Waals surface area (Å²) in [6.45, 7) is 1.59. The van der Waals surface area contributed by atoms with Crippen LogP contribution < -0.4 is 5.76 Å². The zero-order chi connectivity index (χ0) is 21.0. The number of rotatable bonds is 6. The van der Waals surface area contributed by atoms with Crippen molar-refractivity contribution < 1.29 is 18.7 Å². The van der Waals surface area contributed by atoms with Gasteiger partial charge in [-0.25, -0.2) is 4.79 Å². The number of nitrogens with zero attached hydrogens (tertiary/aromatic N) is 3. The van der Waals surface area contributed by atoms with E-state index in [-0.39, 0.29) is 13.0 Å². The van der Waals surface area contributed by atoms with Crippen LogP contribution in [0.4, 0.5) is 0 Å². The molecule has 1 saturated carbocycles. The SMILES string of the molecule is C[C@@H](OC(=O)CCn1c(=O)oc2ccccc21)C(=O)N(C)C1(C#N)CCCCC1. The van der Waals surface area contributed by atoms with Gasteiger partial charge in [0.15, 0.2) is 11.7 Å². The van der Waals surface area contributed by atoms with E-state index in [4.69, 9.17) is 9.15 Å². The van der Waals surface area contributed by atoms with E-state index in [1.54, 1.807) is 31.3 Å². The molecule has 154 valence electrons. The lowest BCUT2D eigenvalue weighted by atomic mass is 9.81. The van der Waals surface area contributed by atoms with Crippen LogP contribution in [0.3, 0.4) is 0 Å². The Balaban J connectivity index is 1.60. The zero-order valence-corrected chi connectivity index (χ0v) is 16.7. The number of oxazole rings is 1. The molecule has 3 rings (SSSR count). The molecule has 2 aromatic rings. The number of amides is 1. The Morgan fingerprint density at radius 3 is 2.69 bits per heavy atom. The summed E-state index contributed by atoms with van der Waals surface area (Å²) in [4.78, 5) is 38.4. The van der Waals surface area contributed by atoms with Crippen LogP contribution in [-0.4, -0.2) is 40.0 Å². The van der Waals surface area contributed by atoms with Gasteiger partial charge in [-0.3, -0.25) is 14.2 Å². The molecule has 1 fully saturated rings. The highest BCUT2D eigenvalue weighted by molar-refractivity contribution is 5.84. The molecule has 0 saturated heterocycles. The maximum Gasteiger partial charge on any atom is 0.419 e. The van der Waals surface area contributed by atoms with Crippen LogP contribution in [0.25, 0.3) is 11.1 Å². The van der Waals surface area contributed by atoms with Crippen molar-refractivity contribution in [1.82, 2.24) is 9.47 Å². The third-order valence-electron chi connectivity index (χ3n) is 5.63. The standard InChI is InChI=1S/C21H25N3O5/c1-15(19(26)23(2)21(14-22)11-6-3-7-12-21)28-18(25)10-13-24-16-8-4-5-9-17(16)29-20(24)27/h4-5,8-9,15H,3,6-7,10-13H2,1-2H3/t15-/m1/s1. The number of carbonyl (C=O) groups is 2. The molecule has 1 aromatic carbocycles. The fourth-order valence-electron chi connectivity index (χ4n) is 3.88. The average Bonchev–Trinajstić information content (AvgIpc) is 3.06. The van der Waals surface area contributed by atoms with Crippen LogP contribution in [0.5, 0.6) is 0 Å². The molecule has 0 spiro atoms. The first kappa shape index (κ1) is 20.6. The molecule has 1 atom stereocenters. The van der Waals surface area contributed by atoms with Crippen LogP contribution in [0.2, 0.25) is 0 Å². The lowest BCUT2D eigenvalue weighted by Crippen LogP contribution is -2.53. The van der Waals surface area contributed by atoms with E-state index < -0.39 is 29.3 Å². The van der Waals surface area contributed by atoms with Gasteiger partial charge in [-0.05, 0) is 31.9 Å². The first-order valence-corrected chi connectivity index (χ1v) is 9.85. The van der Waals surface area contributed by atoms with Crippen molar-refractivity contribution in [2.75, 3.05) is 7.05 Å². The quantitative estimate of drug-likeness (QED) is 0.691. The fourth-order valence-corrected chi connectivity index (χ4v) is 3.88. The Bertz CT molecular complexity index is 994. The molecule has 8 heteroatoms. The molecule has 0 unspecified atom stereocenters. The summed E-state index contributed by atoms with van der Waals surface area (Å²) in [5.74, 6) is -1.53. The Kier molecular flexibility index (Phi) is 6.06. The lowest BCUT2D eigenvalue weighted by molar-refractivity contribution is -0.161. The number of aromatic nitrogens is 1. The number of esters is 1. The Labute approximate surface area is 168 Å². The number of hydrogen-bond acceptors (Lipinski definition) is 6. The number of para-hydroxylation sites is 2. The molecular formula is C21H25N3O5. The Hall–Kier alpha value is -3.08. The highest BCUT2D eigenvalue weighted by Crippen LogP contribution is 2.32. The van der Waals surface area contributed by atoms with Gasteiger partial charge in [0.05, 0.1) is 18.0 Å². The topological polar surface area (TPSA) is 106 Å². The molecule has 0 radical (unpaired) electrons. The minimum Gasteiger partial charge on any atom is -0.452 e. The van der Waals surface area contributed by atoms with E-state index in [2.05, 4.69) is 6.07 Å². The largest absolute Gasteiger partial charge is 0.452 e. The van der Waals surface area contributed by atoms with Crippen LogP contribution >= 0.6 is 0 Å². The van der Waals surface area contributed by atoms with Gasteiger partial charge in [-0.15, -0.1) is 0 Å². The summed E-state index contributed by atoms with van der Waals surface area (Å²) in [5.41, 5.74) is 0.215. The predicted octanol–water partition coefficient (Wildman–Crippen LogP) is 2.60. The zero-order valence-electron chi connectivity index (χ0n) is 16.7. The minimum absolute atomic E-state index is 0.0752. The molecule has 1 aromatic heterocycles. The number of likely N-dealkylation sites (N-methyl/N-ethyl adjacent to an activating group) is 1. The normalized spacial score (nSPS) is 16.7. The highest BCUT2D eigenvalue weighted by atomic mass is 16.5. The second kappa shape index (κ2) is 8.52. The van der Waals surface area contributed by atoms with Gasteiger partial charge in [0.1, 0.15) is 5.54 Å². The molecular weight excluding hydrogens is 374 g/mol. The van der Waals surface area contributed by atoms with Gasteiger partial charge in [0.2, 0.25) is 0 Å². The first-order chi connectivity index (χ1) is 13.9. The van der Waals surface area contributed by atoms with Crippen LogP contribution in [-0.2, 0) is 20.9 Å². The monoisotopic (exact) mass is 399 g/mol. The number of fused-ring (bicyclic) bond motifs is 1. The molecule has 1 amide bonds. The molecule has 0 bridgehead atoms. The number of ether oxygens (including phenoxy) is 1. The van der Waals surface area contributed by atoms with Crippen molar-refractivity contribution in [2.45, 2.75) is 63.6 Å². The second-order valence-electron chi connectivity index (χ2n) is 7.47. The molecule has 1 heterocycles. The molecule has 1 aliphatic rings. The molecule has 0 aliphatic heterocycles. The van der Waals surface area contributed by atoms with E-state index in [1.807, 2.05) is 0 Å². The van der Waals surface area contributed by atoms with E-state index in [0.29, 0.717) is 23.9 Å². The van der Waals surface area contributed by atoms with Gasteiger partial charge in [0.25, 0.3) is 5.91 Å². The summed E-state index contributed by atoms with van der Waals surface area (Å²) >= 11 is 0. The summed E-state index contributed by atoms with van der Waals surface area (Å²) in [5, 5.41) is 9.63. The average molecular weight is 399 g/mol. The fraction of sp³-hybridized carbons (Fsp3) is 0.524. The van der Waals surface area contributed by atoms with Crippen LogP contribution in [0, 0.1) is 11.3 Å². The van der Waals surface area contributed by atoms with Crippen molar-refractivity contribution in [1.29, 1.82) is 5.26 Å². The molecule has 29 heavy (non-hydrogen) atoms. The van der Waals surface area contributed by atoms with Crippen molar-refractivity contribution in [2.24, 2.45) is 0 Å². The summed E-state index contributed by atoms with van der Waals surface area (Å²) < 4.78 is 11.8. The van der Waals surface area contributed by atoms with E-state index in [1.165, 1.54) is 16.4 Å². The lowest BCUT2D eigenvalue weighted by Gasteiger charge is -2.39. The van der Waals surface area contributed by atoms with Gasteiger partial charge >= 0.3 is 11.7 Å². The third-order valence-corrected chi connectivity index (χ3v) is 5.63. The minimum atomic E-state index is -1.00. The smallest absolute Gasteiger partial charge is 0.419 e. The highest BCUT2D eigenvalue weighted by Gasteiger charge is 2.40. The second-order valence-corrected chi connectivity index (χ2v) is 7.47. The van der Waals surface area contributed by atoms with Gasteiger partial charge in [0, 0.05) is 13.6 Å². The van der Waals surface area contributed by atoms with Gasteiger partial charge in [-0.2, -0.15) is 5.26 Å². The number of hydrogen-bond donors (Lipinski definition) is 0. The molecule has 8 nitrogen and oxygen atoms in total. The predicted molar refractivity (Wildman–Crippen MR) is 105 cm³/mol. The van der Waals surface area contributed by atoms with Crippen molar-refractivity contribution >= 4 is 23.0 Å². The maximum atomic E-state index is 12.7. The maximum absolute atomic E-state index is 12.7. The number of benzene rings is 1. The van der Waals surface area contributed by atoms with E-state index in [9.17, 15) is 19.6 Å². The van der Waals surface area contributed by atoms with E-state index in [0.717, 1.165) is 19.3 Å². The Morgan fingerprint density at radius 2 is 2.00 bits per heavy atom. The number of aryl methyl sites for hydroxylation is 1. The number of carbonyl (C=O) groups excluding carboxylic acids is 2. The third kappa shape index (κ3) is 4.19. The summed E-state index contributed by atoms with van der Waals surface area (Å²) in [6, 6.07) is 9.24. The van der Waals surface area contributed by atoms with Crippen molar-refractivity contribution in [3.8, 4) is 6.07 Å². The first-order valence-electron chi connectivity index (χ1n) is 9.85.